The van der Waals surface area contributed by atoms with E-state index in [4.69, 9.17) is 14.0 Å². The van der Waals surface area contributed by atoms with Crippen molar-refractivity contribution < 1.29 is 23.9 Å². The van der Waals surface area contributed by atoms with Gasteiger partial charge in [0.05, 0.1) is 11.2 Å². The molecule has 2 N–H and O–H groups in total. The first-order valence-electron chi connectivity index (χ1n) is 11.6. The number of hydrogen-bond acceptors (Lipinski definition) is 7. The molecule has 5 fully saturated rings. The first-order chi connectivity index (χ1) is 14.8. The third-order valence-electron chi connectivity index (χ3n) is 7.81. The second-order valence-electron chi connectivity index (χ2n) is 10.8. The molecule has 0 saturated heterocycles. The third-order valence-corrected chi connectivity index (χ3v) is 9.21. The van der Waals surface area contributed by atoms with Crippen molar-refractivity contribution >= 4 is 17.7 Å². The molecule has 1 heterocycles. The SMILES string of the molecule is COC(C)(C)COc1noc(C(=O)NC2C3CC4CC2CC(O)(C4)C3)c1SC1CCC1. The molecule has 0 aromatic carbocycles. The Hall–Kier alpha value is -1.25. The molecule has 1 amide bonds. The Balaban J connectivity index is 1.32. The molecular weight excluding hydrogens is 416 g/mol. The van der Waals surface area contributed by atoms with Crippen molar-refractivity contribution in [3.63, 3.8) is 0 Å². The zero-order chi connectivity index (χ0) is 21.8. The van der Waals surface area contributed by atoms with E-state index < -0.39 is 11.2 Å². The number of methoxy groups -OCH3 is 1. The van der Waals surface area contributed by atoms with E-state index in [-0.39, 0.29) is 17.7 Å². The highest BCUT2D eigenvalue weighted by Gasteiger charge is 2.55. The van der Waals surface area contributed by atoms with Crippen LogP contribution in [0.3, 0.4) is 0 Å². The number of amides is 1. The van der Waals surface area contributed by atoms with Crippen molar-refractivity contribution in [3.05, 3.63) is 5.76 Å². The zero-order valence-electron chi connectivity index (χ0n) is 18.7. The molecule has 0 spiro atoms. The molecule has 6 rings (SSSR count). The summed E-state index contributed by atoms with van der Waals surface area (Å²) in [7, 11) is 1.65. The fraction of sp³-hybridized carbons (Fsp3) is 0.826. The van der Waals surface area contributed by atoms with Crippen LogP contribution in [0, 0.1) is 17.8 Å². The predicted octanol–water partition coefficient (Wildman–Crippen LogP) is 3.79. The first-order valence-corrected chi connectivity index (χ1v) is 12.5. The van der Waals surface area contributed by atoms with Crippen LogP contribution in [0.4, 0.5) is 0 Å². The average Bonchev–Trinajstić information content (AvgIpc) is 3.07. The van der Waals surface area contributed by atoms with Crippen LogP contribution in [0.5, 0.6) is 5.88 Å². The van der Waals surface area contributed by atoms with E-state index in [9.17, 15) is 9.90 Å². The number of carbonyl (C=O) groups is 1. The van der Waals surface area contributed by atoms with Crippen LogP contribution >= 0.6 is 11.8 Å². The zero-order valence-corrected chi connectivity index (χ0v) is 19.5. The van der Waals surface area contributed by atoms with Gasteiger partial charge >= 0.3 is 0 Å². The van der Waals surface area contributed by atoms with Gasteiger partial charge in [0.25, 0.3) is 11.8 Å². The summed E-state index contributed by atoms with van der Waals surface area (Å²) in [4.78, 5) is 14.0. The lowest BCUT2D eigenvalue weighted by atomic mass is 9.52. The van der Waals surface area contributed by atoms with Crippen LogP contribution in [0.2, 0.25) is 0 Å². The van der Waals surface area contributed by atoms with Crippen LogP contribution < -0.4 is 10.1 Å². The number of nitrogens with one attached hydrogen (secondary N) is 1. The molecule has 4 bridgehead atoms. The second kappa shape index (κ2) is 7.96. The molecule has 8 heteroatoms. The molecule has 31 heavy (non-hydrogen) atoms. The maximum atomic E-state index is 13.3. The lowest BCUT2D eigenvalue weighted by molar-refractivity contribution is -0.137. The molecule has 5 aliphatic rings. The maximum absolute atomic E-state index is 13.3. The molecule has 1 aromatic heterocycles. The van der Waals surface area contributed by atoms with Crippen molar-refractivity contribution in [1.29, 1.82) is 0 Å². The highest BCUT2D eigenvalue weighted by atomic mass is 32.2. The summed E-state index contributed by atoms with van der Waals surface area (Å²) in [5.74, 6) is 1.74. The van der Waals surface area contributed by atoms with E-state index in [0.29, 0.717) is 40.4 Å². The van der Waals surface area contributed by atoms with Crippen molar-refractivity contribution in [1.82, 2.24) is 10.5 Å². The molecule has 5 saturated carbocycles. The monoisotopic (exact) mass is 450 g/mol. The van der Waals surface area contributed by atoms with Crippen molar-refractivity contribution in [2.24, 2.45) is 17.8 Å². The van der Waals surface area contributed by atoms with Gasteiger partial charge < -0.3 is 24.4 Å². The molecule has 2 atom stereocenters. The normalized spacial score (nSPS) is 34.6. The summed E-state index contributed by atoms with van der Waals surface area (Å²) in [6.45, 7) is 4.21. The summed E-state index contributed by atoms with van der Waals surface area (Å²) >= 11 is 1.64. The summed E-state index contributed by atoms with van der Waals surface area (Å²) in [6.07, 6.45) is 8.21. The highest BCUT2D eigenvalue weighted by Crippen LogP contribution is 2.55. The van der Waals surface area contributed by atoms with E-state index in [2.05, 4.69) is 10.5 Å². The lowest BCUT2D eigenvalue weighted by Gasteiger charge is -2.58. The van der Waals surface area contributed by atoms with Gasteiger partial charge in [0, 0.05) is 18.4 Å². The summed E-state index contributed by atoms with van der Waals surface area (Å²) in [5.41, 5.74) is -0.967. The number of thioether (sulfide) groups is 1. The summed E-state index contributed by atoms with van der Waals surface area (Å²) < 4.78 is 16.9. The number of aromatic nitrogens is 1. The minimum Gasteiger partial charge on any atom is -0.472 e. The number of aliphatic hydroxyl groups is 1. The Kier molecular flexibility index (Phi) is 5.54. The van der Waals surface area contributed by atoms with Gasteiger partial charge in [0.2, 0.25) is 5.76 Å². The van der Waals surface area contributed by atoms with Crippen LogP contribution in [-0.2, 0) is 4.74 Å². The average molecular weight is 451 g/mol. The molecule has 7 nitrogen and oxygen atoms in total. The fourth-order valence-electron chi connectivity index (χ4n) is 6.00. The molecule has 0 aliphatic heterocycles. The smallest absolute Gasteiger partial charge is 0.291 e. The van der Waals surface area contributed by atoms with E-state index in [1.54, 1.807) is 18.9 Å². The van der Waals surface area contributed by atoms with Gasteiger partial charge in [0.1, 0.15) is 11.5 Å². The van der Waals surface area contributed by atoms with Gasteiger partial charge in [-0.1, -0.05) is 6.42 Å². The number of rotatable bonds is 8. The first kappa shape index (κ1) is 21.6. The molecule has 2 unspecified atom stereocenters. The maximum Gasteiger partial charge on any atom is 0.291 e. The lowest BCUT2D eigenvalue weighted by Crippen LogP contribution is -2.61. The van der Waals surface area contributed by atoms with Gasteiger partial charge in [-0.2, -0.15) is 0 Å². The van der Waals surface area contributed by atoms with Crippen LogP contribution in [0.15, 0.2) is 9.42 Å². The molecular formula is C23H34N2O5S. The molecule has 172 valence electrons. The van der Waals surface area contributed by atoms with Crippen LogP contribution in [-0.4, -0.2) is 52.4 Å². The number of ether oxygens (including phenoxy) is 2. The second-order valence-corrected chi connectivity index (χ2v) is 12.1. The molecule has 1 aromatic rings. The fourth-order valence-corrected chi connectivity index (χ4v) is 7.33. The molecule has 0 radical (unpaired) electrons. The van der Waals surface area contributed by atoms with Gasteiger partial charge in [-0.15, -0.1) is 11.8 Å². The van der Waals surface area contributed by atoms with E-state index in [1.807, 2.05) is 13.8 Å². The predicted molar refractivity (Wildman–Crippen MR) is 116 cm³/mol. The number of hydrogen-bond donors (Lipinski definition) is 2. The quantitative estimate of drug-likeness (QED) is 0.622. The van der Waals surface area contributed by atoms with Gasteiger partial charge in [0.15, 0.2) is 0 Å². The van der Waals surface area contributed by atoms with Crippen molar-refractivity contribution in [2.75, 3.05) is 13.7 Å². The van der Waals surface area contributed by atoms with Crippen LogP contribution in [0.25, 0.3) is 0 Å². The van der Waals surface area contributed by atoms with E-state index in [1.165, 1.54) is 6.42 Å². The Labute approximate surface area is 188 Å². The third kappa shape index (κ3) is 4.23. The Morgan fingerprint density at radius 3 is 2.58 bits per heavy atom. The standard InChI is InChI=1S/C23H34N2O5S/c1-22(2,28-3)12-29-21-19(31-16-5-4-6-16)18(30-25-21)20(26)24-17-14-7-13-8-15(17)11-23(27,9-13)10-14/h13-17,27H,4-12H2,1-3H3,(H,24,26). The number of nitrogens with zero attached hydrogens (tertiary/aromatic N) is 1. The highest BCUT2D eigenvalue weighted by molar-refractivity contribution is 8.00. The van der Waals surface area contributed by atoms with E-state index in [0.717, 1.165) is 44.9 Å². The van der Waals surface area contributed by atoms with Crippen LogP contribution in [0.1, 0.15) is 75.8 Å². The largest absolute Gasteiger partial charge is 0.472 e. The number of carbonyl (C=O) groups excluding carboxylic acids is 1. The topological polar surface area (TPSA) is 93.8 Å². The minimum atomic E-state index is -0.510. The van der Waals surface area contributed by atoms with Gasteiger partial charge in [-0.25, -0.2) is 0 Å². The molecule has 5 aliphatic carbocycles. The summed E-state index contributed by atoms with van der Waals surface area (Å²) in [5, 5.41) is 18.7. The Morgan fingerprint density at radius 1 is 1.29 bits per heavy atom. The van der Waals surface area contributed by atoms with Crippen molar-refractivity contribution in [2.45, 2.75) is 92.6 Å². The minimum absolute atomic E-state index is 0.104. The summed E-state index contributed by atoms with van der Waals surface area (Å²) in [6, 6.07) is 0.104. The Bertz CT molecular complexity index is 820. The van der Waals surface area contributed by atoms with Gasteiger partial charge in [-0.3, -0.25) is 4.79 Å². The van der Waals surface area contributed by atoms with E-state index >= 15 is 0 Å². The Morgan fingerprint density at radius 2 is 2.00 bits per heavy atom. The van der Waals surface area contributed by atoms with Gasteiger partial charge in [-0.05, 0) is 81.7 Å². The van der Waals surface area contributed by atoms with Crippen molar-refractivity contribution in [3.8, 4) is 5.88 Å².